The molecule has 0 aromatic rings. The molecular weight excluding hydrogens is 156 g/mol. The molecular formula is C8H15ClMg. The molecule has 0 saturated heterocycles. The van der Waals surface area contributed by atoms with Gasteiger partial charge < -0.3 is 18.3 Å². The molecule has 2 heteroatoms. The van der Waals surface area contributed by atoms with Crippen molar-refractivity contribution in [3.8, 4) is 0 Å². The summed E-state index contributed by atoms with van der Waals surface area (Å²) in [6.45, 7) is 4.64. The van der Waals surface area contributed by atoms with E-state index in [1.165, 1.54) is 25.7 Å². The van der Waals surface area contributed by atoms with Crippen molar-refractivity contribution < 1.29 is 12.4 Å². The van der Waals surface area contributed by atoms with Crippen molar-refractivity contribution in [2.24, 2.45) is 5.92 Å². The van der Waals surface area contributed by atoms with Gasteiger partial charge in [0, 0.05) is 0 Å². The third-order valence-corrected chi connectivity index (χ3v) is 2.00. The Morgan fingerprint density at radius 2 is 2.00 bits per heavy atom. The van der Waals surface area contributed by atoms with Crippen LogP contribution in [0.2, 0.25) is 0 Å². The van der Waals surface area contributed by atoms with Gasteiger partial charge in [0.1, 0.15) is 0 Å². The molecule has 0 amide bonds. The molecule has 1 aliphatic carbocycles. The van der Waals surface area contributed by atoms with Crippen LogP contribution in [0.15, 0.2) is 0 Å². The number of halogens is 1. The topological polar surface area (TPSA) is 0 Å². The summed E-state index contributed by atoms with van der Waals surface area (Å²) >= 11 is 0. The van der Waals surface area contributed by atoms with Gasteiger partial charge in [0.2, 0.25) is 0 Å². The van der Waals surface area contributed by atoms with Gasteiger partial charge in [-0.3, -0.25) is 0 Å². The van der Waals surface area contributed by atoms with E-state index in [0.717, 1.165) is 5.92 Å². The molecule has 1 rings (SSSR count). The molecule has 1 atom stereocenters. The fraction of sp³-hybridized carbons (Fsp3) is 0.875. The maximum absolute atomic E-state index is 2.35. The van der Waals surface area contributed by atoms with Crippen LogP contribution in [0.25, 0.3) is 0 Å². The van der Waals surface area contributed by atoms with Crippen molar-refractivity contribution >= 4 is 23.1 Å². The first-order valence-electron chi connectivity index (χ1n) is 3.60. The zero-order valence-corrected chi connectivity index (χ0v) is 9.16. The predicted molar refractivity (Wildman–Crippen MR) is 42.3 cm³/mol. The molecule has 0 radical (unpaired) electrons. The fourth-order valence-corrected chi connectivity index (χ4v) is 1.55. The standard InChI is InChI=1S/C8H15.ClH.Mg/c1-7-4-3-5-8(2)6-7;;/h7H,3-6H2,1-2H3;1H;/q-1;;+2/p-1. The quantitative estimate of drug-likeness (QED) is 0.337. The molecule has 10 heavy (non-hydrogen) atoms. The minimum absolute atomic E-state index is 0. The predicted octanol–water partition coefficient (Wildman–Crippen LogP) is -0.586. The summed E-state index contributed by atoms with van der Waals surface area (Å²) in [6, 6.07) is 0. The van der Waals surface area contributed by atoms with Crippen LogP contribution in [0.3, 0.4) is 0 Å². The van der Waals surface area contributed by atoms with E-state index in [4.69, 9.17) is 0 Å². The van der Waals surface area contributed by atoms with Crippen LogP contribution in [0.4, 0.5) is 0 Å². The van der Waals surface area contributed by atoms with Gasteiger partial charge in [0.25, 0.3) is 0 Å². The van der Waals surface area contributed by atoms with Crippen molar-refractivity contribution in [3.63, 3.8) is 0 Å². The van der Waals surface area contributed by atoms with Gasteiger partial charge in [0.15, 0.2) is 0 Å². The summed E-state index contributed by atoms with van der Waals surface area (Å²) in [7, 11) is 0. The van der Waals surface area contributed by atoms with Crippen LogP contribution in [-0.4, -0.2) is 23.1 Å². The molecule has 0 aromatic heterocycles. The maximum atomic E-state index is 2.35. The van der Waals surface area contributed by atoms with Gasteiger partial charge in [-0.05, 0) is 0 Å². The second-order valence-electron chi connectivity index (χ2n) is 3.16. The molecule has 1 fully saturated rings. The first-order chi connectivity index (χ1) is 3.79. The zero-order chi connectivity index (χ0) is 5.98. The molecule has 1 unspecified atom stereocenters. The van der Waals surface area contributed by atoms with Gasteiger partial charge >= 0.3 is 23.1 Å². The van der Waals surface area contributed by atoms with E-state index in [2.05, 4.69) is 13.8 Å². The Balaban J connectivity index is 0. The molecule has 0 nitrogen and oxygen atoms in total. The van der Waals surface area contributed by atoms with Gasteiger partial charge in [-0.2, -0.15) is 19.8 Å². The van der Waals surface area contributed by atoms with Crippen LogP contribution in [0, 0.1) is 11.8 Å². The van der Waals surface area contributed by atoms with Crippen molar-refractivity contribution in [2.75, 3.05) is 0 Å². The summed E-state index contributed by atoms with van der Waals surface area (Å²) < 4.78 is 0. The van der Waals surface area contributed by atoms with Crippen molar-refractivity contribution in [3.05, 3.63) is 5.92 Å². The van der Waals surface area contributed by atoms with E-state index in [-0.39, 0.29) is 35.5 Å². The molecule has 56 valence electrons. The zero-order valence-electron chi connectivity index (χ0n) is 6.99. The maximum Gasteiger partial charge on any atom is 2.00 e. The Hall–Kier alpha value is 1.06. The van der Waals surface area contributed by atoms with E-state index >= 15 is 0 Å². The number of rotatable bonds is 0. The van der Waals surface area contributed by atoms with E-state index in [1.807, 2.05) is 0 Å². The van der Waals surface area contributed by atoms with E-state index in [9.17, 15) is 0 Å². The largest absolute Gasteiger partial charge is 2.00 e. The average Bonchev–Trinajstić information content (AvgIpc) is 1.64. The molecule has 0 aromatic carbocycles. The summed E-state index contributed by atoms with van der Waals surface area (Å²) in [5.74, 6) is 2.69. The molecule has 0 heterocycles. The fourth-order valence-electron chi connectivity index (χ4n) is 1.55. The first kappa shape index (κ1) is 13.6. The van der Waals surface area contributed by atoms with Crippen molar-refractivity contribution in [2.45, 2.75) is 39.5 Å². The van der Waals surface area contributed by atoms with Crippen molar-refractivity contribution in [1.29, 1.82) is 0 Å². The van der Waals surface area contributed by atoms with Crippen LogP contribution < -0.4 is 12.4 Å². The molecule has 0 spiro atoms. The first-order valence-corrected chi connectivity index (χ1v) is 3.60. The SMILES string of the molecule is C[C-]1CCCC(C)C1.[Cl-].[Mg+2]. The summed E-state index contributed by atoms with van der Waals surface area (Å²) in [5.41, 5.74) is 0. The normalized spacial score (nSPS) is 26.4. The molecule has 1 aliphatic rings. The summed E-state index contributed by atoms with van der Waals surface area (Å²) in [4.78, 5) is 0. The van der Waals surface area contributed by atoms with Crippen molar-refractivity contribution in [1.82, 2.24) is 0 Å². The third-order valence-electron chi connectivity index (χ3n) is 2.00. The van der Waals surface area contributed by atoms with Crippen LogP contribution >= 0.6 is 0 Å². The van der Waals surface area contributed by atoms with Gasteiger partial charge in [-0.1, -0.05) is 25.7 Å². The van der Waals surface area contributed by atoms with Gasteiger partial charge in [0.05, 0.1) is 0 Å². The Morgan fingerprint density at radius 3 is 2.30 bits per heavy atom. The van der Waals surface area contributed by atoms with Crippen LogP contribution in [0.1, 0.15) is 39.5 Å². The molecule has 1 saturated carbocycles. The monoisotopic (exact) mass is 170 g/mol. The second kappa shape index (κ2) is 6.75. The molecule has 0 N–H and O–H groups in total. The van der Waals surface area contributed by atoms with Gasteiger partial charge in [-0.25, -0.2) is 0 Å². The Bertz CT molecular complexity index is 67.7. The minimum Gasteiger partial charge on any atom is -1.00 e. The third kappa shape index (κ3) is 4.81. The second-order valence-corrected chi connectivity index (χ2v) is 3.16. The Morgan fingerprint density at radius 1 is 1.40 bits per heavy atom. The Labute approximate surface area is 86.7 Å². The molecule has 0 bridgehead atoms. The van der Waals surface area contributed by atoms with E-state index in [0.29, 0.717) is 0 Å². The van der Waals surface area contributed by atoms with Crippen LogP contribution in [0.5, 0.6) is 0 Å². The van der Waals surface area contributed by atoms with Crippen LogP contribution in [-0.2, 0) is 0 Å². The average molecular weight is 171 g/mol. The smallest absolute Gasteiger partial charge is 1.00 e. The van der Waals surface area contributed by atoms with E-state index < -0.39 is 0 Å². The summed E-state index contributed by atoms with van der Waals surface area (Å²) in [6.07, 6.45) is 5.68. The number of hydrogen-bond donors (Lipinski definition) is 0. The Kier molecular flexibility index (Phi) is 9.20. The molecule has 0 aliphatic heterocycles. The number of hydrogen-bond acceptors (Lipinski definition) is 0. The minimum atomic E-state index is 0. The van der Waals surface area contributed by atoms with Gasteiger partial charge in [-0.15, -0.1) is 0 Å². The summed E-state index contributed by atoms with van der Waals surface area (Å²) in [5, 5.41) is 0. The van der Waals surface area contributed by atoms with E-state index in [1.54, 1.807) is 5.92 Å².